The van der Waals surface area contributed by atoms with Crippen molar-refractivity contribution in [2.24, 2.45) is 0 Å². The molecule has 0 saturated carbocycles. The fraction of sp³-hybridized carbons (Fsp3) is 0.667. The van der Waals surface area contributed by atoms with Gasteiger partial charge in [-0.15, -0.1) is 0 Å². The molecule has 0 aromatic carbocycles. The molecule has 0 radical (unpaired) electrons. The number of aliphatic hydroxyl groups excluding tert-OH is 2. The van der Waals surface area contributed by atoms with Gasteiger partial charge in [0, 0.05) is 0 Å². The Bertz CT molecular complexity index is 140. The first kappa shape index (κ1) is 24.6. The number of hydrogen-bond donors (Lipinski definition) is 2. The molecule has 76 valence electrons. The number of carbonyl (C=O) groups excluding carboxylic acids is 2. The van der Waals surface area contributed by atoms with E-state index in [4.69, 9.17) is 10.2 Å². The second kappa shape index (κ2) is 14.4. The summed E-state index contributed by atoms with van der Waals surface area (Å²) < 4.78 is 0. The van der Waals surface area contributed by atoms with Crippen molar-refractivity contribution in [1.29, 1.82) is 0 Å². The summed E-state index contributed by atoms with van der Waals surface area (Å²) in [6.07, 6.45) is -2.69. The summed E-state index contributed by atoms with van der Waals surface area (Å²) in [6, 6.07) is 0. The Kier molecular flexibility index (Phi) is 25.2. The Morgan fingerprint density at radius 3 is 1.07 bits per heavy atom. The second-order valence-corrected chi connectivity index (χ2v) is 1.99. The van der Waals surface area contributed by atoms with Crippen LogP contribution < -0.4 is 10.2 Å². The van der Waals surface area contributed by atoms with E-state index in [1.807, 2.05) is 0 Å². The average molecular weight is 260 g/mol. The molecule has 14 heavy (non-hydrogen) atoms. The van der Waals surface area contributed by atoms with Gasteiger partial charge in [-0.2, -0.15) is 0 Å². The monoisotopic (exact) mass is 260 g/mol. The molecule has 0 amide bonds. The minimum atomic E-state index is -1.44. The summed E-state index contributed by atoms with van der Waals surface area (Å²) in [5, 5.41) is 34.6. The van der Waals surface area contributed by atoms with Crippen LogP contribution in [0.4, 0.5) is 0 Å². The molecule has 0 rings (SSSR count). The van der Waals surface area contributed by atoms with E-state index in [1.165, 1.54) is 0 Å². The van der Waals surface area contributed by atoms with Crippen LogP contribution in [0.25, 0.3) is 0 Å². The molecule has 0 aromatic rings. The van der Waals surface area contributed by atoms with Crippen molar-refractivity contribution in [1.82, 2.24) is 0 Å². The summed E-state index contributed by atoms with van der Waals surface area (Å²) in [5.41, 5.74) is 0. The standard InChI is InChI=1S/2C3H6O3.2Ca.2H/c2*1-2(4)3(5)6;;;;/h2*2,4H,1H3,(H,5,6);;;;/q;;;+2;;/p-2. The molecule has 6 nitrogen and oxygen atoms in total. The zero-order valence-electron chi connectivity index (χ0n) is 7.39. The van der Waals surface area contributed by atoms with Crippen LogP contribution in [-0.2, 0) is 9.59 Å². The zero-order chi connectivity index (χ0) is 10.3. The molecule has 0 fully saturated rings. The van der Waals surface area contributed by atoms with Gasteiger partial charge in [0.2, 0.25) is 0 Å². The number of carboxylic acid groups (broad SMARTS) is 2. The van der Waals surface area contributed by atoms with Gasteiger partial charge in [-0.25, -0.2) is 0 Å². The molecule has 0 aliphatic rings. The number of rotatable bonds is 2. The van der Waals surface area contributed by atoms with Crippen molar-refractivity contribution in [2.75, 3.05) is 0 Å². The second-order valence-electron chi connectivity index (χ2n) is 1.99. The number of aliphatic hydroxyl groups is 2. The fourth-order valence-electron chi connectivity index (χ4n) is 0. The van der Waals surface area contributed by atoms with Gasteiger partial charge in [0.25, 0.3) is 0 Å². The van der Waals surface area contributed by atoms with Crippen LogP contribution in [0.2, 0.25) is 0 Å². The van der Waals surface area contributed by atoms with Gasteiger partial charge >= 0.3 is 75.5 Å². The predicted molar refractivity (Wildman–Crippen MR) is 47.7 cm³/mol. The maximum absolute atomic E-state index is 9.34. The van der Waals surface area contributed by atoms with E-state index >= 15 is 0 Å². The van der Waals surface area contributed by atoms with Crippen LogP contribution in [0.5, 0.6) is 0 Å². The summed E-state index contributed by atoms with van der Waals surface area (Å²) >= 11 is 0. The van der Waals surface area contributed by atoms with E-state index in [1.54, 1.807) is 0 Å². The van der Waals surface area contributed by atoms with Crippen molar-refractivity contribution < 1.29 is 30.0 Å². The molecule has 0 aliphatic carbocycles. The molecule has 2 N–H and O–H groups in total. The molecule has 0 saturated heterocycles. The van der Waals surface area contributed by atoms with Crippen LogP contribution in [0.3, 0.4) is 0 Å². The molecule has 0 spiro atoms. The third-order valence-electron chi connectivity index (χ3n) is 0.682. The molecule has 0 heterocycles. The van der Waals surface area contributed by atoms with Crippen LogP contribution in [0, 0.1) is 0 Å². The first-order chi connectivity index (χ1) is 5.29. The van der Waals surface area contributed by atoms with Crippen LogP contribution >= 0.6 is 0 Å². The van der Waals surface area contributed by atoms with Gasteiger partial charge in [0.15, 0.2) is 0 Å². The quantitative estimate of drug-likeness (QED) is 0.479. The van der Waals surface area contributed by atoms with E-state index < -0.39 is 24.1 Å². The maximum atomic E-state index is 9.34. The molecule has 0 aromatic heterocycles. The van der Waals surface area contributed by atoms with Gasteiger partial charge in [0.1, 0.15) is 0 Å². The summed E-state index contributed by atoms with van der Waals surface area (Å²) in [5.74, 6) is -2.87. The van der Waals surface area contributed by atoms with Crippen LogP contribution in [0.15, 0.2) is 0 Å². The van der Waals surface area contributed by atoms with E-state index in [2.05, 4.69) is 0 Å². The van der Waals surface area contributed by atoms with Gasteiger partial charge in [-0.3, -0.25) is 0 Å². The normalized spacial score (nSPS) is 11.7. The topological polar surface area (TPSA) is 121 Å². The van der Waals surface area contributed by atoms with Crippen LogP contribution in [-0.4, -0.2) is 110 Å². The van der Waals surface area contributed by atoms with Crippen molar-refractivity contribution >= 4 is 87.4 Å². The molecule has 2 atom stereocenters. The summed E-state index contributed by atoms with van der Waals surface area (Å²) in [4.78, 5) is 18.7. The molecular formula is C6H12Ca2O6. The van der Waals surface area contributed by atoms with Crippen molar-refractivity contribution in [3.05, 3.63) is 0 Å². The first-order valence-electron chi connectivity index (χ1n) is 3.06. The third-order valence-corrected chi connectivity index (χ3v) is 0.682. The number of hydrogen-bond acceptors (Lipinski definition) is 6. The van der Waals surface area contributed by atoms with Gasteiger partial charge in [-0.05, 0) is 13.8 Å². The third kappa shape index (κ3) is 23.3. The minimum absolute atomic E-state index is 0. The predicted octanol–water partition coefficient (Wildman–Crippen LogP) is -5.06. The molecule has 8 heteroatoms. The van der Waals surface area contributed by atoms with E-state index in [-0.39, 0.29) is 75.5 Å². The van der Waals surface area contributed by atoms with Crippen LogP contribution in [0.1, 0.15) is 13.8 Å². The molecule has 0 bridgehead atoms. The Morgan fingerprint density at radius 2 is 1.07 bits per heavy atom. The van der Waals surface area contributed by atoms with Gasteiger partial charge in [0.05, 0.1) is 24.1 Å². The van der Waals surface area contributed by atoms with E-state index in [9.17, 15) is 19.8 Å². The zero-order valence-corrected chi connectivity index (χ0v) is 9.60. The SMILES string of the molecule is CC(O)C(=O)[O-].CC(O)C(=O)[O-].[Ca+2].[CaH2]. The Balaban J connectivity index is -0.0000000625. The number of carboxylic acids is 2. The Hall–Kier alpha value is 1.38. The summed E-state index contributed by atoms with van der Waals surface area (Å²) in [6.45, 7) is 2.27. The van der Waals surface area contributed by atoms with Gasteiger partial charge in [-0.1, -0.05) is 0 Å². The van der Waals surface area contributed by atoms with Crippen molar-refractivity contribution in [3.63, 3.8) is 0 Å². The Morgan fingerprint density at radius 1 is 1.00 bits per heavy atom. The number of aliphatic carboxylic acids is 2. The van der Waals surface area contributed by atoms with Crippen molar-refractivity contribution in [2.45, 2.75) is 26.1 Å². The van der Waals surface area contributed by atoms with E-state index in [0.29, 0.717) is 0 Å². The molecule has 0 aliphatic heterocycles. The average Bonchev–Trinajstić information content (AvgIpc) is 1.88. The first-order valence-corrected chi connectivity index (χ1v) is 3.06. The van der Waals surface area contributed by atoms with Crippen molar-refractivity contribution in [3.8, 4) is 0 Å². The Labute approximate surface area is 141 Å². The van der Waals surface area contributed by atoms with E-state index in [0.717, 1.165) is 13.8 Å². The molecular weight excluding hydrogens is 248 g/mol. The molecule has 2 unspecified atom stereocenters. The number of carbonyl (C=O) groups is 2. The summed E-state index contributed by atoms with van der Waals surface area (Å²) in [7, 11) is 0. The van der Waals surface area contributed by atoms with Gasteiger partial charge < -0.3 is 30.0 Å². The fourth-order valence-corrected chi connectivity index (χ4v) is 0.